The van der Waals surface area contributed by atoms with Gasteiger partial charge >= 0.3 is 0 Å². The number of rotatable bonds is 0. The van der Waals surface area contributed by atoms with Gasteiger partial charge in [-0.05, 0) is 86.4 Å². The van der Waals surface area contributed by atoms with E-state index in [1.165, 1.54) is 64.2 Å². The van der Waals surface area contributed by atoms with Gasteiger partial charge < -0.3 is 0 Å². The van der Waals surface area contributed by atoms with Crippen LogP contribution in [0.1, 0.15) is 91.9 Å². The minimum absolute atomic E-state index is 0.508. The molecule has 0 aliphatic heterocycles. The first kappa shape index (κ1) is 15.6. The fraction of sp³-hybridized carbons (Fsp3) is 0.905. The maximum atomic E-state index is 2.69. The van der Waals surface area contributed by atoms with Gasteiger partial charge in [-0.1, -0.05) is 45.8 Å². The van der Waals surface area contributed by atoms with Gasteiger partial charge in [0.05, 0.1) is 0 Å². The van der Waals surface area contributed by atoms with E-state index in [9.17, 15) is 0 Å². The lowest BCUT2D eigenvalue weighted by atomic mass is 9.59. The van der Waals surface area contributed by atoms with Gasteiger partial charge in [-0.2, -0.15) is 0 Å². The summed E-state index contributed by atoms with van der Waals surface area (Å²) in [7, 11) is 0. The minimum Gasteiger partial charge on any atom is -0.0847 e. The molecule has 2 saturated carbocycles. The molecule has 0 aromatic rings. The first-order valence-electron chi connectivity index (χ1n) is 9.63. The number of allylic oxidation sites excluding steroid dienone is 2. The van der Waals surface area contributed by atoms with Gasteiger partial charge in [-0.3, -0.25) is 0 Å². The summed E-state index contributed by atoms with van der Waals surface area (Å²) in [5.74, 6) is 2.79. The topological polar surface area (TPSA) is 0 Å². The Balaban J connectivity index is 1.85. The quantitative estimate of drug-likeness (QED) is 0.432. The molecule has 0 nitrogen and oxygen atoms in total. The van der Waals surface area contributed by atoms with Crippen molar-refractivity contribution in [3.63, 3.8) is 0 Å². The van der Waals surface area contributed by atoms with Gasteiger partial charge in [0.2, 0.25) is 0 Å². The van der Waals surface area contributed by atoms with Gasteiger partial charge in [0.15, 0.2) is 0 Å². The van der Waals surface area contributed by atoms with Crippen LogP contribution in [-0.2, 0) is 0 Å². The lowest BCUT2D eigenvalue weighted by Gasteiger charge is -2.46. The zero-order valence-electron chi connectivity index (χ0n) is 14.9. The molecule has 0 aromatic carbocycles. The van der Waals surface area contributed by atoms with Crippen LogP contribution < -0.4 is 0 Å². The standard InChI is InChI=1S/C21H36/c1-16-10-14-21(4)17(2)11-13-20(3)12-6-9-18(20)7-5-8-19(21)15-16/h8,16-18H,5-7,9-15H2,1-4H3/b19-8-. The monoisotopic (exact) mass is 288 g/mol. The molecule has 21 heavy (non-hydrogen) atoms. The molecule has 5 unspecified atom stereocenters. The van der Waals surface area contributed by atoms with E-state index in [-0.39, 0.29) is 0 Å². The van der Waals surface area contributed by atoms with Gasteiger partial charge in [0, 0.05) is 0 Å². The maximum Gasteiger partial charge on any atom is -0.00906 e. The van der Waals surface area contributed by atoms with Crippen LogP contribution in [0.5, 0.6) is 0 Å². The van der Waals surface area contributed by atoms with Crippen LogP contribution in [0.15, 0.2) is 11.6 Å². The molecule has 0 bridgehead atoms. The lowest BCUT2D eigenvalue weighted by molar-refractivity contribution is 0.122. The summed E-state index contributed by atoms with van der Waals surface area (Å²) in [5.41, 5.74) is 3.00. The third kappa shape index (κ3) is 2.84. The van der Waals surface area contributed by atoms with E-state index in [4.69, 9.17) is 0 Å². The largest absolute Gasteiger partial charge is 0.0847 e. The lowest BCUT2D eigenvalue weighted by Crippen LogP contribution is -2.35. The summed E-state index contributed by atoms with van der Waals surface area (Å²) < 4.78 is 0. The minimum atomic E-state index is 0.508. The Morgan fingerprint density at radius 3 is 2.57 bits per heavy atom. The van der Waals surface area contributed by atoms with Crippen molar-refractivity contribution in [2.45, 2.75) is 91.9 Å². The van der Waals surface area contributed by atoms with Crippen molar-refractivity contribution in [2.75, 3.05) is 0 Å². The molecule has 0 N–H and O–H groups in total. The molecule has 2 fully saturated rings. The second kappa shape index (κ2) is 5.74. The van der Waals surface area contributed by atoms with Crippen molar-refractivity contribution in [2.24, 2.45) is 28.6 Å². The number of fused-ring (bicyclic) bond motifs is 2. The van der Waals surface area contributed by atoms with E-state index in [0.717, 1.165) is 17.8 Å². The molecule has 3 rings (SSSR count). The highest BCUT2D eigenvalue weighted by Gasteiger charge is 2.42. The Bertz CT molecular complexity index is 406. The van der Waals surface area contributed by atoms with E-state index < -0.39 is 0 Å². The Labute approximate surface area is 132 Å². The maximum absolute atomic E-state index is 2.69. The molecular weight excluding hydrogens is 252 g/mol. The van der Waals surface area contributed by atoms with Crippen LogP contribution in [-0.4, -0.2) is 0 Å². The summed E-state index contributed by atoms with van der Waals surface area (Å²) >= 11 is 0. The van der Waals surface area contributed by atoms with Gasteiger partial charge in [-0.25, -0.2) is 0 Å². The highest BCUT2D eigenvalue weighted by Crippen LogP contribution is 2.54. The second-order valence-corrected chi connectivity index (χ2v) is 9.26. The van der Waals surface area contributed by atoms with E-state index in [1.807, 2.05) is 5.57 Å². The van der Waals surface area contributed by atoms with Crippen LogP contribution in [0, 0.1) is 28.6 Å². The molecule has 0 aromatic heterocycles. The van der Waals surface area contributed by atoms with Crippen molar-refractivity contribution in [3.05, 3.63) is 11.6 Å². The summed E-state index contributed by atoms with van der Waals surface area (Å²) in [6, 6.07) is 0. The molecule has 0 spiro atoms. The molecular formula is C21H36. The SMILES string of the molecule is CC1CCC2(C)/C(=C\CCC3CCCC3(C)CCC2C)C1. The Morgan fingerprint density at radius 1 is 0.952 bits per heavy atom. The van der Waals surface area contributed by atoms with Gasteiger partial charge in [0.25, 0.3) is 0 Å². The van der Waals surface area contributed by atoms with E-state index in [2.05, 4.69) is 33.8 Å². The van der Waals surface area contributed by atoms with Crippen LogP contribution in [0.4, 0.5) is 0 Å². The first-order chi connectivity index (χ1) is 9.94. The molecule has 3 aliphatic carbocycles. The normalized spacial score (nSPS) is 50.7. The second-order valence-electron chi connectivity index (χ2n) is 9.26. The number of hydrogen-bond acceptors (Lipinski definition) is 0. The van der Waals surface area contributed by atoms with Crippen LogP contribution in [0.25, 0.3) is 0 Å². The summed E-state index contributed by atoms with van der Waals surface area (Å²) in [6.45, 7) is 10.2. The molecule has 0 radical (unpaired) electrons. The number of hydrogen-bond donors (Lipinski definition) is 0. The van der Waals surface area contributed by atoms with Crippen molar-refractivity contribution < 1.29 is 0 Å². The van der Waals surface area contributed by atoms with Crippen molar-refractivity contribution >= 4 is 0 Å². The zero-order chi connectivity index (χ0) is 15.1. The van der Waals surface area contributed by atoms with Crippen molar-refractivity contribution in [1.29, 1.82) is 0 Å². The molecule has 120 valence electrons. The molecule has 5 atom stereocenters. The Hall–Kier alpha value is -0.260. The van der Waals surface area contributed by atoms with Crippen molar-refractivity contribution in [3.8, 4) is 0 Å². The smallest absolute Gasteiger partial charge is 0.00906 e. The van der Waals surface area contributed by atoms with Crippen molar-refractivity contribution in [1.82, 2.24) is 0 Å². The van der Waals surface area contributed by atoms with Gasteiger partial charge in [-0.15, -0.1) is 0 Å². The molecule has 0 heterocycles. The molecule has 0 saturated heterocycles. The van der Waals surface area contributed by atoms with E-state index >= 15 is 0 Å². The fourth-order valence-corrected chi connectivity index (χ4v) is 5.75. The summed E-state index contributed by atoms with van der Waals surface area (Å²) in [5, 5.41) is 0. The molecule has 0 amide bonds. The van der Waals surface area contributed by atoms with E-state index in [1.54, 1.807) is 0 Å². The highest BCUT2D eigenvalue weighted by atomic mass is 14.5. The van der Waals surface area contributed by atoms with Gasteiger partial charge in [0.1, 0.15) is 0 Å². The fourth-order valence-electron chi connectivity index (χ4n) is 5.75. The Kier molecular flexibility index (Phi) is 4.27. The summed E-state index contributed by atoms with van der Waals surface area (Å²) in [4.78, 5) is 0. The molecule has 3 aliphatic rings. The summed E-state index contributed by atoms with van der Waals surface area (Å²) in [6.07, 6.45) is 17.2. The average molecular weight is 289 g/mol. The zero-order valence-corrected chi connectivity index (χ0v) is 14.9. The van der Waals surface area contributed by atoms with E-state index in [0.29, 0.717) is 10.8 Å². The Morgan fingerprint density at radius 2 is 1.76 bits per heavy atom. The third-order valence-corrected chi connectivity index (χ3v) is 7.89. The highest BCUT2D eigenvalue weighted by molar-refractivity contribution is 5.19. The first-order valence-corrected chi connectivity index (χ1v) is 9.63. The van der Waals surface area contributed by atoms with Crippen LogP contribution >= 0.6 is 0 Å². The predicted molar refractivity (Wildman–Crippen MR) is 92.3 cm³/mol. The molecule has 0 heteroatoms. The van der Waals surface area contributed by atoms with Crippen LogP contribution in [0.3, 0.4) is 0 Å². The predicted octanol–water partition coefficient (Wildman–Crippen LogP) is 6.76. The third-order valence-electron chi connectivity index (χ3n) is 7.89. The average Bonchev–Trinajstić information content (AvgIpc) is 2.81. The van der Waals surface area contributed by atoms with Crippen LogP contribution in [0.2, 0.25) is 0 Å².